The van der Waals surface area contributed by atoms with Crippen LogP contribution in [0.1, 0.15) is 46.0 Å². The van der Waals surface area contributed by atoms with E-state index in [2.05, 4.69) is 24.1 Å². The van der Waals surface area contributed by atoms with E-state index in [9.17, 15) is 0 Å². The Morgan fingerprint density at radius 3 is 2.89 bits per heavy atom. The number of ether oxygens (including phenoxy) is 1. The number of nitrogens with one attached hydrogen (secondary N) is 1. The van der Waals surface area contributed by atoms with Gasteiger partial charge in [0, 0.05) is 39.9 Å². The van der Waals surface area contributed by atoms with Crippen LogP contribution in [0.25, 0.3) is 0 Å². The number of methoxy groups -OCH3 is 1. The Balaban J connectivity index is 2.33. The van der Waals surface area contributed by atoms with E-state index < -0.39 is 0 Å². The average Bonchev–Trinajstić information content (AvgIpc) is 2.41. The van der Waals surface area contributed by atoms with Crippen LogP contribution in [0.15, 0.2) is 4.99 Å². The number of rotatable bonds is 7. The predicted molar refractivity (Wildman–Crippen MR) is 81.7 cm³/mol. The van der Waals surface area contributed by atoms with Crippen molar-refractivity contribution in [2.45, 2.75) is 46.0 Å². The second-order valence-corrected chi connectivity index (χ2v) is 5.48. The first-order valence-corrected chi connectivity index (χ1v) is 7.80. The second kappa shape index (κ2) is 10.1. The molecule has 1 heterocycles. The molecule has 4 nitrogen and oxygen atoms in total. The van der Waals surface area contributed by atoms with Gasteiger partial charge in [-0.15, -0.1) is 0 Å². The normalized spacial score (nSPS) is 20.7. The fourth-order valence-electron chi connectivity index (χ4n) is 2.53. The molecular formula is C15H31N3O. The zero-order valence-corrected chi connectivity index (χ0v) is 13.0. The Kier molecular flexibility index (Phi) is 8.63. The lowest BCUT2D eigenvalue weighted by atomic mass is 10.0. The van der Waals surface area contributed by atoms with Gasteiger partial charge in [0.2, 0.25) is 0 Å². The summed E-state index contributed by atoms with van der Waals surface area (Å²) in [7, 11) is 1.76. The quantitative estimate of drug-likeness (QED) is 0.438. The highest BCUT2D eigenvalue weighted by molar-refractivity contribution is 5.80. The molecule has 0 aromatic carbocycles. The minimum Gasteiger partial charge on any atom is -0.385 e. The maximum Gasteiger partial charge on any atom is 0.193 e. The van der Waals surface area contributed by atoms with Crippen molar-refractivity contribution < 1.29 is 4.74 Å². The smallest absolute Gasteiger partial charge is 0.193 e. The number of hydrogen-bond acceptors (Lipinski definition) is 2. The van der Waals surface area contributed by atoms with Crippen LogP contribution < -0.4 is 5.32 Å². The maximum absolute atomic E-state index is 5.06. The zero-order chi connectivity index (χ0) is 13.9. The monoisotopic (exact) mass is 269 g/mol. The molecule has 0 bridgehead atoms. The highest BCUT2D eigenvalue weighted by atomic mass is 16.5. The van der Waals surface area contributed by atoms with E-state index in [-0.39, 0.29) is 0 Å². The minimum atomic E-state index is 0.791. The topological polar surface area (TPSA) is 36.9 Å². The lowest BCUT2D eigenvalue weighted by Crippen LogP contribution is -2.46. The molecule has 112 valence electrons. The Bertz CT molecular complexity index is 256. The molecule has 1 fully saturated rings. The molecule has 1 aliphatic rings. The van der Waals surface area contributed by atoms with Crippen LogP contribution in [-0.2, 0) is 4.74 Å². The van der Waals surface area contributed by atoms with Crippen LogP contribution in [0.4, 0.5) is 0 Å². The van der Waals surface area contributed by atoms with Crippen molar-refractivity contribution >= 4 is 5.96 Å². The molecule has 1 saturated heterocycles. The van der Waals surface area contributed by atoms with Crippen molar-refractivity contribution in [2.75, 3.05) is 39.9 Å². The third kappa shape index (κ3) is 6.81. The fourth-order valence-corrected chi connectivity index (χ4v) is 2.53. The summed E-state index contributed by atoms with van der Waals surface area (Å²) in [5.74, 6) is 1.90. The van der Waals surface area contributed by atoms with Gasteiger partial charge in [-0.2, -0.15) is 0 Å². The van der Waals surface area contributed by atoms with E-state index in [0.29, 0.717) is 0 Å². The zero-order valence-electron chi connectivity index (χ0n) is 13.0. The molecule has 1 aliphatic heterocycles. The summed E-state index contributed by atoms with van der Waals surface area (Å²) in [6, 6.07) is 0. The van der Waals surface area contributed by atoms with Crippen LogP contribution in [0.5, 0.6) is 0 Å². The molecule has 1 rings (SSSR count). The first kappa shape index (κ1) is 16.3. The van der Waals surface area contributed by atoms with Crippen molar-refractivity contribution in [3.05, 3.63) is 0 Å². The molecule has 0 aliphatic carbocycles. The Labute approximate surface area is 118 Å². The van der Waals surface area contributed by atoms with Crippen molar-refractivity contribution in [3.63, 3.8) is 0 Å². The molecule has 0 aromatic heterocycles. The molecule has 4 heteroatoms. The largest absolute Gasteiger partial charge is 0.385 e. The second-order valence-electron chi connectivity index (χ2n) is 5.48. The molecule has 19 heavy (non-hydrogen) atoms. The standard InChI is InChI=1S/C15H31N3O/c1-4-16-15(17-10-6-5-7-12-19-3)18-11-8-9-14(2)13-18/h14H,4-13H2,1-3H3,(H,16,17). The molecule has 0 saturated carbocycles. The van der Waals surface area contributed by atoms with E-state index in [1.54, 1.807) is 7.11 Å². The number of piperidine rings is 1. The molecule has 0 spiro atoms. The van der Waals surface area contributed by atoms with E-state index in [1.165, 1.54) is 19.3 Å². The molecule has 1 N–H and O–H groups in total. The SMILES string of the molecule is CCNC(=NCCCCCOC)N1CCCC(C)C1. The summed E-state index contributed by atoms with van der Waals surface area (Å²) < 4.78 is 5.06. The summed E-state index contributed by atoms with van der Waals surface area (Å²) in [6.45, 7) is 9.52. The molecule has 1 atom stereocenters. The lowest BCUT2D eigenvalue weighted by molar-refractivity contribution is 0.192. The molecule has 0 amide bonds. The maximum atomic E-state index is 5.06. The predicted octanol–water partition coefficient (Wildman–Crippen LogP) is 2.50. The number of aliphatic imine (C=N–C) groups is 1. The molecule has 0 radical (unpaired) electrons. The lowest BCUT2D eigenvalue weighted by Gasteiger charge is -2.33. The highest BCUT2D eigenvalue weighted by Gasteiger charge is 2.18. The first-order chi connectivity index (χ1) is 9.27. The van der Waals surface area contributed by atoms with Crippen LogP contribution >= 0.6 is 0 Å². The van der Waals surface area contributed by atoms with Gasteiger partial charge in [-0.3, -0.25) is 4.99 Å². The third-order valence-electron chi connectivity index (χ3n) is 3.56. The van der Waals surface area contributed by atoms with Crippen LogP contribution in [0.2, 0.25) is 0 Å². The summed E-state index contributed by atoms with van der Waals surface area (Å²) in [4.78, 5) is 7.18. The van der Waals surface area contributed by atoms with Crippen molar-refractivity contribution in [1.29, 1.82) is 0 Å². The fraction of sp³-hybridized carbons (Fsp3) is 0.933. The van der Waals surface area contributed by atoms with Crippen molar-refractivity contribution in [1.82, 2.24) is 10.2 Å². The first-order valence-electron chi connectivity index (χ1n) is 7.80. The van der Waals surface area contributed by atoms with E-state index in [1.807, 2.05) is 0 Å². The average molecular weight is 269 g/mol. The number of hydrogen-bond donors (Lipinski definition) is 1. The van der Waals surface area contributed by atoms with Gasteiger partial charge in [-0.05, 0) is 44.9 Å². The minimum absolute atomic E-state index is 0.791. The van der Waals surface area contributed by atoms with Gasteiger partial charge < -0.3 is 15.0 Å². The van der Waals surface area contributed by atoms with E-state index in [0.717, 1.165) is 57.5 Å². The Hall–Kier alpha value is -0.770. The van der Waals surface area contributed by atoms with E-state index >= 15 is 0 Å². The van der Waals surface area contributed by atoms with Gasteiger partial charge in [0.25, 0.3) is 0 Å². The number of unbranched alkanes of at least 4 members (excludes halogenated alkanes) is 2. The van der Waals surface area contributed by atoms with Crippen molar-refractivity contribution in [2.24, 2.45) is 10.9 Å². The van der Waals surface area contributed by atoms with Crippen LogP contribution in [0.3, 0.4) is 0 Å². The van der Waals surface area contributed by atoms with Gasteiger partial charge in [-0.1, -0.05) is 6.92 Å². The number of likely N-dealkylation sites (tertiary alicyclic amines) is 1. The molecular weight excluding hydrogens is 238 g/mol. The van der Waals surface area contributed by atoms with E-state index in [4.69, 9.17) is 9.73 Å². The highest BCUT2D eigenvalue weighted by Crippen LogP contribution is 2.15. The van der Waals surface area contributed by atoms with Crippen molar-refractivity contribution in [3.8, 4) is 0 Å². The summed E-state index contributed by atoms with van der Waals surface area (Å²) in [5.41, 5.74) is 0. The molecule has 0 aromatic rings. The third-order valence-corrected chi connectivity index (χ3v) is 3.56. The van der Waals surface area contributed by atoms with Gasteiger partial charge in [0.15, 0.2) is 5.96 Å². The van der Waals surface area contributed by atoms with Gasteiger partial charge in [-0.25, -0.2) is 0 Å². The Morgan fingerprint density at radius 2 is 2.21 bits per heavy atom. The number of nitrogens with zero attached hydrogens (tertiary/aromatic N) is 2. The summed E-state index contributed by atoms with van der Waals surface area (Å²) in [6.07, 6.45) is 6.14. The Morgan fingerprint density at radius 1 is 1.37 bits per heavy atom. The summed E-state index contributed by atoms with van der Waals surface area (Å²) in [5, 5.41) is 3.43. The van der Waals surface area contributed by atoms with Gasteiger partial charge in [0.05, 0.1) is 0 Å². The van der Waals surface area contributed by atoms with Crippen LogP contribution in [-0.4, -0.2) is 50.8 Å². The van der Waals surface area contributed by atoms with Crippen LogP contribution in [0, 0.1) is 5.92 Å². The molecule has 1 unspecified atom stereocenters. The van der Waals surface area contributed by atoms with Gasteiger partial charge >= 0.3 is 0 Å². The number of guanidine groups is 1. The van der Waals surface area contributed by atoms with Gasteiger partial charge in [0.1, 0.15) is 0 Å². The summed E-state index contributed by atoms with van der Waals surface area (Å²) >= 11 is 0.